The highest BCUT2D eigenvalue weighted by atomic mass is 35.5. The van der Waals surface area contributed by atoms with Gasteiger partial charge in [0.15, 0.2) is 0 Å². The van der Waals surface area contributed by atoms with E-state index in [-0.39, 0.29) is 11.0 Å². The molecule has 0 aliphatic rings. The number of aryl methyl sites for hydroxylation is 1. The van der Waals surface area contributed by atoms with E-state index in [1.54, 1.807) is 0 Å². The van der Waals surface area contributed by atoms with Crippen LogP contribution in [0.3, 0.4) is 0 Å². The summed E-state index contributed by atoms with van der Waals surface area (Å²) >= 11 is 12.3. The first-order valence-corrected chi connectivity index (χ1v) is 16.1. The Bertz CT molecular complexity index is 1010. The molecular formula is C30H39Cl2NOSi. The molecule has 0 N–H and O–H groups in total. The molecule has 5 heteroatoms. The molecule has 0 heterocycles. The number of likely N-dealkylation sites (N-methyl/N-ethyl adjacent to an activating group) is 1. The maximum Gasteiger partial charge on any atom is 0.250 e. The van der Waals surface area contributed by atoms with Crippen LogP contribution in [-0.4, -0.2) is 33.4 Å². The van der Waals surface area contributed by atoms with Gasteiger partial charge in [0.1, 0.15) is 5.75 Å². The second kappa shape index (κ2) is 12.0. The van der Waals surface area contributed by atoms with E-state index in [0.29, 0.717) is 0 Å². The highest BCUT2D eigenvalue weighted by Gasteiger charge is 2.38. The second-order valence-corrected chi connectivity index (χ2v) is 16.6. The Morgan fingerprint density at radius 1 is 0.800 bits per heavy atom. The van der Waals surface area contributed by atoms with Gasteiger partial charge in [-0.1, -0.05) is 80.4 Å². The lowest BCUT2D eigenvalue weighted by Gasteiger charge is -2.36. The topological polar surface area (TPSA) is 12.5 Å². The summed E-state index contributed by atoms with van der Waals surface area (Å²) in [5, 5.41) is 1.72. The van der Waals surface area contributed by atoms with Gasteiger partial charge in [-0.2, -0.15) is 0 Å². The van der Waals surface area contributed by atoms with Crippen LogP contribution in [0.25, 0.3) is 0 Å². The van der Waals surface area contributed by atoms with Crippen molar-refractivity contribution in [1.82, 2.24) is 4.90 Å². The molecule has 3 aromatic rings. The molecule has 188 valence electrons. The van der Waals surface area contributed by atoms with E-state index in [1.807, 2.05) is 24.3 Å². The van der Waals surface area contributed by atoms with Crippen LogP contribution in [0.1, 0.15) is 49.8 Å². The fourth-order valence-corrected chi connectivity index (χ4v) is 5.20. The van der Waals surface area contributed by atoms with E-state index in [9.17, 15) is 0 Å². The van der Waals surface area contributed by atoms with Gasteiger partial charge in [0.2, 0.25) is 8.32 Å². The third-order valence-electron chi connectivity index (χ3n) is 7.15. The van der Waals surface area contributed by atoms with Gasteiger partial charge in [0.05, 0.1) is 0 Å². The quantitative estimate of drug-likeness (QED) is 0.243. The maximum atomic E-state index is 6.42. The summed E-state index contributed by atoms with van der Waals surface area (Å²) in [6.07, 6.45) is 2.16. The van der Waals surface area contributed by atoms with E-state index in [0.717, 1.165) is 41.7 Å². The zero-order chi connectivity index (χ0) is 25.6. The minimum Gasteiger partial charge on any atom is -0.544 e. The van der Waals surface area contributed by atoms with Crippen LogP contribution >= 0.6 is 23.2 Å². The van der Waals surface area contributed by atoms with E-state index in [1.165, 1.54) is 16.7 Å². The molecule has 35 heavy (non-hydrogen) atoms. The predicted octanol–water partition coefficient (Wildman–Crippen LogP) is 9.07. The van der Waals surface area contributed by atoms with E-state index < -0.39 is 8.32 Å². The summed E-state index contributed by atoms with van der Waals surface area (Å²) in [5.74, 6) is 1.26. The lowest BCUT2D eigenvalue weighted by atomic mass is 9.91. The lowest BCUT2D eigenvalue weighted by Crippen LogP contribution is -2.43. The molecule has 0 spiro atoms. The highest BCUT2D eigenvalue weighted by molar-refractivity contribution is 6.74. The van der Waals surface area contributed by atoms with Gasteiger partial charge in [-0.25, -0.2) is 0 Å². The van der Waals surface area contributed by atoms with Crippen molar-refractivity contribution in [3.8, 4) is 5.75 Å². The molecule has 0 radical (unpaired) electrons. The summed E-state index contributed by atoms with van der Waals surface area (Å²) in [6, 6.07) is 25.1. The fraction of sp³-hybridized carbons (Fsp3) is 0.400. The molecule has 0 aliphatic heterocycles. The molecule has 0 aromatic heterocycles. The largest absolute Gasteiger partial charge is 0.544 e. The summed E-state index contributed by atoms with van der Waals surface area (Å²) in [5.41, 5.74) is 3.88. The van der Waals surface area contributed by atoms with Crippen LogP contribution in [0.15, 0.2) is 72.8 Å². The Hall–Kier alpha value is -1.78. The van der Waals surface area contributed by atoms with Gasteiger partial charge < -0.3 is 9.33 Å². The molecular weight excluding hydrogens is 489 g/mol. The number of hydrogen-bond acceptors (Lipinski definition) is 2. The van der Waals surface area contributed by atoms with Gasteiger partial charge >= 0.3 is 0 Å². The number of halogens is 2. The average Bonchev–Trinajstić information content (AvgIpc) is 2.79. The minimum atomic E-state index is -1.80. The number of benzene rings is 3. The normalized spacial score (nSPS) is 12.4. The Balaban J connectivity index is 1.57. The molecule has 2 nitrogen and oxygen atoms in total. The molecule has 0 fully saturated rings. The SMILES string of the molecule is CN(CCCc1ccc(O[Si](C)(C)C(C)(C)C)cc1)CC(c1ccc(Cl)cc1)c1ccc(Cl)cc1. The van der Waals surface area contributed by atoms with Crippen molar-refractivity contribution < 1.29 is 4.43 Å². The zero-order valence-electron chi connectivity index (χ0n) is 21.9. The van der Waals surface area contributed by atoms with E-state index in [4.69, 9.17) is 27.6 Å². The Kier molecular flexibility index (Phi) is 9.51. The smallest absolute Gasteiger partial charge is 0.250 e. The van der Waals surface area contributed by atoms with E-state index >= 15 is 0 Å². The van der Waals surface area contributed by atoms with E-state index in [2.05, 4.69) is 94.3 Å². The molecule has 0 amide bonds. The Labute approximate surface area is 223 Å². The first-order valence-electron chi connectivity index (χ1n) is 12.4. The van der Waals surface area contributed by atoms with Crippen molar-refractivity contribution in [2.45, 2.75) is 57.7 Å². The van der Waals surface area contributed by atoms with Crippen LogP contribution < -0.4 is 4.43 Å². The molecule has 0 saturated heterocycles. The van der Waals surface area contributed by atoms with Crippen LogP contribution in [0.2, 0.25) is 28.2 Å². The van der Waals surface area contributed by atoms with Crippen molar-refractivity contribution in [1.29, 1.82) is 0 Å². The highest BCUT2D eigenvalue weighted by Crippen LogP contribution is 2.37. The zero-order valence-corrected chi connectivity index (χ0v) is 24.5. The number of nitrogens with zero attached hydrogens (tertiary/aromatic N) is 1. The predicted molar refractivity (Wildman–Crippen MR) is 155 cm³/mol. The minimum absolute atomic E-state index is 0.201. The molecule has 0 unspecified atom stereocenters. The molecule has 0 aliphatic carbocycles. The van der Waals surface area contributed by atoms with Crippen molar-refractivity contribution >= 4 is 31.5 Å². The van der Waals surface area contributed by atoms with Gasteiger partial charge in [0.25, 0.3) is 0 Å². The summed E-state index contributed by atoms with van der Waals surface area (Å²) in [7, 11) is 0.400. The van der Waals surface area contributed by atoms with Crippen LogP contribution in [-0.2, 0) is 6.42 Å². The van der Waals surface area contributed by atoms with Gasteiger partial charge in [-0.05, 0) is 97.7 Å². The fourth-order valence-electron chi connectivity index (χ4n) is 3.92. The van der Waals surface area contributed by atoms with Crippen molar-refractivity contribution in [2.24, 2.45) is 0 Å². The third-order valence-corrected chi connectivity index (χ3v) is 12.0. The van der Waals surface area contributed by atoms with Crippen molar-refractivity contribution in [2.75, 3.05) is 20.1 Å². The van der Waals surface area contributed by atoms with Crippen molar-refractivity contribution in [3.63, 3.8) is 0 Å². The Morgan fingerprint density at radius 3 is 1.74 bits per heavy atom. The van der Waals surface area contributed by atoms with Gasteiger partial charge in [-0.3, -0.25) is 0 Å². The van der Waals surface area contributed by atoms with Crippen LogP contribution in [0, 0.1) is 0 Å². The lowest BCUT2D eigenvalue weighted by molar-refractivity contribution is 0.319. The van der Waals surface area contributed by atoms with Crippen molar-refractivity contribution in [3.05, 3.63) is 99.5 Å². The summed E-state index contributed by atoms with van der Waals surface area (Å²) in [6.45, 7) is 13.4. The average molecular weight is 529 g/mol. The molecule has 0 saturated carbocycles. The molecule has 3 rings (SSSR count). The second-order valence-electron chi connectivity index (χ2n) is 11.0. The van der Waals surface area contributed by atoms with Crippen LogP contribution in [0.5, 0.6) is 5.75 Å². The number of hydrogen-bond donors (Lipinski definition) is 0. The maximum absolute atomic E-state index is 6.42. The first kappa shape index (κ1) is 27.8. The molecule has 0 bridgehead atoms. The Morgan fingerprint density at radius 2 is 1.29 bits per heavy atom. The number of rotatable bonds is 10. The monoisotopic (exact) mass is 527 g/mol. The molecule has 3 aromatic carbocycles. The first-order chi connectivity index (χ1) is 16.4. The van der Waals surface area contributed by atoms with Crippen LogP contribution in [0.4, 0.5) is 0 Å². The summed E-state index contributed by atoms with van der Waals surface area (Å²) < 4.78 is 6.42. The van der Waals surface area contributed by atoms with Gasteiger partial charge in [0, 0.05) is 22.5 Å². The summed E-state index contributed by atoms with van der Waals surface area (Å²) in [4.78, 5) is 2.42. The standard InChI is InChI=1S/C30H39Cl2NOSi/c1-30(2,3)35(5,6)34-28-19-9-23(10-20-28)8-7-21-33(4)22-29(24-11-15-26(31)16-12-24)25-13-17-27(32)18-14-25/h9-20,29H,7-8,21-22H2,1-6H3. The van der Waals surface area contributed by atoms with Gasteiger partial charge in [-0.15, -0.1) is 0 Å². The third kappa shape index (κ3) is 8.11. The molecule has 0 atom stereocenters.